The van der Waals surface area contributed by atoms with E-state index >= 15 is 0 Å². The van der Waals surface area contributed by atoms with Crippen LogP contribution in [0.25, 0.3) is 0 Å². The second-order valence-corrected chi connectivity index (χ2v) is 6.96. The van der Waals surface area contributed by atoms with Gasteiger partial charge in [0.05, 0.1) is 0 Å². The average Bonchev–Trinajstić information content (AvgIpc) is 2.74. The minimum atomic E-state index is -0.711. The van der Waals surface area contributed by atoms with E-state index in [1.54, 1.807) is 42.3 Å². The number of nitrogens with one attached hydrogen (secondary N) is 2. The fourth-order valence-electron chi connectivity index (χ4n) is 3.09. The SMILES string of the molecule is CC(=O)c1cccc(NC(=O)[C@@H](C)NC(=O)N2CCN(c3ccccn3)CC2)c1. The molecule has 3 rings (SSSR count). The molecule has 8 heteroatoms. The average molecular weight is 395 g/mol. The zero-order valence-corrected chi connectivity index (χ0v) is 16.6. The summed E-state index contributed by atoms with van der Waals surface area (Å²) in [5.41, 5.74) is 1.04. The molecule has 2 N–H and O–H groups in total. The highest BCUT2D eigenvalue weighted by Crippen LogP contribution is 2.13. The Labute approximate surface area is 169 Å². The molecule has 1 aromatic carbocycles. The summed E-state index contributed by atoms with van der Waals surface area (Å²) in [7, 11) is 0. The quantitative estimate of drug-likeness (QED) is 0.757. The van der Waals surface area contributed by atoms with Gasteiger partial charge in [-0.1, -0.05) is 18.2 Å². The lowest BCUT2D eigenvalue weighted by Gasteiger charge is -2.35. The van der Waals surface area contributed by atoms with Gasteiger partial charge < -0.3 is 20.4 Å². The smallest absolute Gasteiger partial charge is 0.318 e. The first kappa shape index (κ1) is 20.3. The Morgan fingerprint density at radius 1 is 1.03 bits per heavy atom. The van der Waals surface area contributed by atoms with Crippen molar-refractivity contribution in [3.05, 3.63) is 54.2 Å². The third-order valence-electron chi connectivity index (χ3n) is 4.81. The highest BCUT2D eigenvalue weighted by atomic mass is 16.2. The highest BCUT2D eigenvalue weighted by molar-refractivity contribution is 5.99. The third-order valence-corrected chi connectivity index (χ3v) is 4.81. The van der Waals surface area contributed by atoms with Crippen LogP contribution in [0.3, 0.4) is 0 Å². The van der Waals surface area contributed by atoms with Crippen molar-refractivity contribution in [2.75, 3.05) is 36.4 Å². The van der Waals surface area contributed by atoms with Crippen molar-refractivity contribution >= 4 is 29.2 Å². The van der Waals surface area contributed by atoms with Crippen molar-refractivity contribution in [2.45, 2.75) is 19.9 Å². The molecule has 0 aliphatic carbocycles. The summed E-state index contributed by atoms with van der Waals surface area (Å²) in [4.78, 5) is 44.5. The van der Waals surface area contributed by atoms with Crippen molar-refractivity contribution in [1.82, 2.24) is 15.2 Å². The Morgan fingerprint density at radius 3 is 2.45 bits per heavy atom. The lowest BCUT2D eigenvalue weighted by Crippen LogP contribution is -2.54. The van der Waals surface area contributed by atoms with E-state index in [-0.39, 0.29) is 17.7 Å². The number of carbonyl (C=O) groups is 3. The van der Waals surface area contributed by atoms with E-state index in [1.807, 2.05) is 18.2 Å². The fraction of sp³-hybridized carbons (Fsp3) is 0.333. The van der Waals surface area contributed by atoms with Gasteiger partial charge in [0.1, 0.15) is 11.9 Å². The van der Waals surface area contributed by atoms with Crippen molar-refractivity contribution in [1.29, 1.82) is 0 Å². The van der Waals surface area contributed by atoms with Gasteiger partial charge in [0.15, 0.2) is 5.78 Å². The molecule has 1 fully saturated rings. The number of anilines is 2. The van der Waals surface area contributed by atoms with Crippen LogP contribution >= 0.6 is 0 Å². The largest absolute Gasteiger partial charge is 0.353 e. The van der Waals surface area contributed by atoms with Crippen LogP contribution in [0.5, 0.6) is 0 Å². The van der Waals surface area contributed by atoms with Gasteiger partial charge in [-0.3, -0.25) is 9.59 Å². The minimum absolute atomic E-state index is 0.0766. The molecule has 1 aliphatic heterocycles. The molecule has 0 radical (unpaired) electrons. The summed E-state index contributed by atoms with van der Waals surface area (Å²) in [6.45, 7) is 5.57. The van der Waals surface area contributed by atoms with Crippen molar-refractivity contribution in [2.24, 2.45) is 0 Å². The molecular formula is C21H25N5O3. The lowest BCUT2D eigenvalue weighted by atomic mass is 10.1. The molecule has 0 saturated carbocycles. The van der Waals surface area contributed by atoms with Gasteiger partial charge in [-0.15, -0.1) is 0 Å². The van der Waals surface area contributed by atoms with Gasteiger partial charge in [0.25, 0.3) is 0 Å². The zero-order valence-electron chi connectivity index (χ0n) is 16.6. The van der Waals surface area contributed by atoms with Crippen LogP contribution in [-0.4, -0.2) is 59.8 Å². The van der Waals surface area contributed by atoms with Gasteiger partial charge in [0, 0.05) is 43.6 Å². The van der Waals surface area contributed by atoms with E-state index in [0.717, 1.165) is 5.82 Å². The Kier molecular flexibility index (Phi) is 6.43. The second kappa shape index (κ2) is 9.18. The number of urea groups is 1. The van der Waals surface area contributed by atoms with E-state index in [2.05, 4.69) is 20.5 Å². The van der Waals surface area contributed by atoms with Gasteiger partial charge in [-0.2, -0.15) is 0 Å². The van der Waals surface area contributed by atoms with Crippen LogP contribution in [0.4, 0.5) is 16.3 Å². The molecule has 152 valence electrons. The van der Waals surface area contributed by atoms with E-state index < -0.39 is 6.04 Å². The molecule has 1 aliphatic rings. The number of nitrogens with zero attached hydrogens (tertiary/aromatic N) is 3. The summed E-state index contributed by atoms with van der Waals surface area (Å²) >= 11 is 0. The maximum absolute atomic E-state index is 12.5. The van der Waals surface area contributed by atoms with Crippen LogP contribution in [0.1, 0.15) is 24.2 Å². The van der Waals surface area contributed by atoms with Crippen LogP contribution in [-0.2, 0) is 4.79 Å². The summed E-state index contributed by atoms with van der Waals surface area (Å²) in [6, 6.07) is 11.5. The van der Waals surface area contributed by atoms with E-state index in [0.29, 0.717) is 37.4 Å². The molecule has 29 heavy (non-hydrogen) atoms. The van der Waals surface area contributed by atoms with Crippen LogP contribution < -0.4 is 15.5 Å². The van der Waals surface area contributed by atoms with Gasteiger partial charge in [-0.25, -0.2) is 9.78 Å². The standard InChI is InChI=1S/C21H25N5O3/c1-15(20(28)24-18-7-5-6-17(14-18)16(2)27)23-21(29)26-12-10-25(11-13-26)19-8-3-4-9-22-19/h3-9,14-15H,10-13H2,1-2H3,(H,23,29)(H,24,28)/t15-/m1/s1. The maximum Gasteiger partial charge on any atom is 0.318 e. The summed E-state index contributed by atoms with van der Waals surface area (Å²) in [5, 5.41) is 5.47. The molecule has 0 unspecified atom stereocenters. The molecule has 8 nitrogen and oxygen atoms in total. The number of amides is 3. The number of rotatable bonds is 5. The van der Waals surface area contributed by atoms with Crippen LogP contribution in [0.15, 0.2) is 48.7 Å². The normalized spacial score (nSPS) is 14.8. The van der Waals surface area contributed by atoms with E-state index in [9.17, 15) is 14.4 Å². The van der Waals surface area contributed by atoms with Gasteiger partial charge in [-0.05, 0) is 38.1 Å². The monoisotopic (exact) mass is 395 g/mol. The Balaban J connectivity index is 1.49. The Bertz CT molecular complexity index is 879. The number of pyridine rings is 1. The minimum Gasteiger partial charge on any atom is -0.353 e. The summed E-state index contributed by atoms with van der Waals surface area (Å²) in [6.07, 6.45) is 1.75. The molecule has 1 saturated heterocycles. The fourth-order valence-corrected chi connectivity index (χ4v) is 3.09. The lowest BCUT2D eigenvalue weighted by molar-refractivity contribution is -0.117. The number of hydrogen-bond acceptors (Lipinski definition) is 5. The molecule has 1 atom stereocenters. The molecule has 0 spiro atoms. The molecule has 0 bridgehead atoms. The van der Waals surface area contributed by atoms with E-state index in [4.69, 9.17) is 0 Å². The first-order chi connectivity index (χ1) is 13.9. The number of aromatic nitrogens is 1. The van der Waals surface area contributed by atoms with Crippen LogP contribution in [0, 0.1) is 0 Å². The predicted octanol–water partition coefficient (Wildman–Crippen LogP) is 2.14. The van der Waals surface area contributed by atoms with Crippen LogP contribution in [0.2, 0.25) is 0 Å². The number of piperazine rings is 1. The summed E-state index contributed by atoms with van der Waals surface area (Å²) in [5.74, 6) is 0.478. The number of carbonyl (C=O) groups excluding carboxylic acids is 3. The molecule has 1 aromatic heterocycles. The zero-order chi connectivity index (χ0) is 20.8. The number of Topliss-reactive ketones (excluding diaryl/α,β-unsaturated/α-hetero) is 1. The Hall–Kier alpha value is -3.42. The first-order valence-corrected chi connectivity index (χ1v) is 9.57. The molecular weight excluding hydrogens is 370 g/mol. The number of benzene rings is 1. The third kappa shape index (κ3) is 5.31. The van der Waals surface area contributed by atoms with Crippen molar-refractivity contribution < 1.29 is 14.4 Å². The van der Waals surface area contributed by atoms with Gasteiger partial charge in [0.2, 0.25) is 5.91 Å². The molecule has 2 aromatic rings. The number of hydrogen-bond donors (Lipinski definition) is 2. The predicted molar refractivity (Wildman–Crippen MR) is 111 cm³/mol. The maximum atomic E-state index is 12.5. The van der Waals surface area contributed by atoms with Crippen molar-refractivity contribution in [3.63, 3.8) is 0 Å². The van der Waals surface area contributed by atoms with Gasteiger partial charge >= 0.3 is 6.03 Å². The molecule has 2 heterocycles. The summed E-state index contributed by atoms with van der Waals surface area (Å²) < 4.78 is 0. The van der Waals surface area contributed by atoms with E-state index in [1.165, 1.54) is 6.92 Å². The molecule has 3 amide bonds. The van der Waals surface area contributed by atoms with Crippen molar-refractivity contribution in [3.8, 4) is 0 Å². The first-order valence-electron chi connectivity index (χ1n) is 9.57. The highest BCUT2D eigenvalue weighted by Gasteiger charge is 2.24. The topological polar surface area (TPSA) is 94.6 Å². The second-order valence-electron chi connectivity index (χ2n) is 6.96. The Morgan fingerprint density at radius 2 is 1.79 bits per heavy atom. The number of ketones is 1.